The molecule has 34 heavy (non-hydrogen) atoms. The predicted octanol–water partition coefficient (Wildman–Crippen LogP) is 6.34. The molecule has 186 valence electrons. The smallest absolute Gasteiger partial charge is 0.296 e. The number of aryl methyl sites for hydroxylation is 1. The molecular formula is C29H40O4S. The zero-order chi connectivity index (χ0) is 24.3. The van der Waals surface area contributed by atoms with Gasteiger partial charge in [0.2, 0.25) is 0 Å². The third-order valence-corrected chi connectivity index (χ3v) is 11.3. The lowest BCUT2D eigenvalue weighted by molar-refractivity contribution is 0.0221. The van der Waals surface area contributed by atoms with Gasteiger partial charge in [0.25, 0.3) is 10.1 Å². The van der Waals surface area contributed by atoms with Crippen LogP contribution in [0.1, 0.15) is 77.7 Å². The van der Waals surface area contributed by atoms with Gasteiger partial charge in [0, 0.05) is 0 Å². The molecule has 1 saturated carbocycles. The van der Waals surface area contributed by atoms with Crippen molar-refractivity contribution in [2.24, 2.45) is 28.6 Å². The second-order valence-electron chi connectivity index (χ2n) is 11.9. The van der Waals surface area contributed by atoms with Crippen molar-refractivity contribution in [3.63, 3.8) is 0 Å². The molecule has 6 unspecified atom stereocenters. The van der Waals surface area contributed by atoms with Crippen LogP contribution in [0.3, 0.4) is 0 Å². The number of hydrogen-bond acceptors (Lipinski definition) is 4. The topological polar surface area (TPSA) is 63.6 Å². The predicted molar refractivity (Wildman–Crippen MR) is 135 cm³/mol. The maximum Gasteiger partial charge on any atom is 0.296 e. The standard InChI is InChI=1S/C29H40O4S/c1-19-5-8-23(9-6-19)34(31,32)33-18-20(2)25-11-12-26-24-10-7-21-17-22(30)13-15-28(21,3)27(24)14-16-29(25,26)4/h5-6,8-9,12,20-22,25,30H,7,10-11,13-18H2,1-4H3. The number of rotatable bonds is 5. The summed E-state index contributed by atoms with van der Waals surface area (Å²) in [6.45, 7) is 9.19. The van der Waals surface area contributed by atoms with Crippen LogP contribution in [0.25, 0.3) is 0 Å². The third kappa shape index (κ3) is 3.92. The average molecular weight is 485 g/mol. The van der Waals surface area contributed by atoms with Crippen LogP contribution in [0.15, 0.2) is 52.0 Å². The van der Waals surface area contributed by atoms with Crippen molar-refractivity contribution in [2.45, 2.75) is 90.1 Å². The van der Waals surface area contributed by atoms with Gasteiger partial charge in [0.05, 0.1) is 17.6 Å². The van der Waals surface area contributed by atoms with Crippen molar-refractivity contribution in [1.29, 1.82) is 0 Å². The van der Waals surface area contributed by atoms with Gasteiger partial charge in [-0.05, 0) is 110 Å². The summed E-state index contributed by atoms with van der Waals surface area (Å²) in [7, 11) is -3.74. The van der Waals surface area contributed by atoms with E-state index in [-0.39, 0.29) is 34.4 Å². The Morgan fingerprint density at radius 1 is 1.09 bits per heavy atom. The minimum atomic E-state index is -3.74. The molecule has 4 nitrogen and oxygen atoms in total. The monoisotopic (exact) mass is 484 g/mol. The van der Waals surface area contributed by atoms with E-state index in [9.17, 15) is 13.5 Å². The molecule has 5 rings (SSSR count). The molecule has 0 aromatic heterocycles. The van der Waals surface area contributed by atoms with E-state index in [2.05, 4.69) is 26.8 Å². The molecule has 0 spiro atoms. The van der Waals surface area contributed by atoms with Gasteiger partial charge in [-0.25, -0.2) is 0 Å². The second kappa shape index (κ2) is 8.60. The van der Waals surface area contributed by atoms with Crippen molar-refractivity contribution in [3.8, 4) is 0 Å². The van der Waals surface area contributed by atoms with Crippen LogP contribution in [0.2, 0.25) is 0 Å². The lowest BCUT2D eigenvalue weighted by Gasteiger charge is -2.53. The summed E-state index contributed by atoms with van der Waals surface area (Å²) < 4.78 is 31.1. The van der Waals surface area contributed by atoms with E-state index < -0.39 is 10.1 Å². The van der Waals surface area contributed by atoms with E-state index in [0.29, 0.717) is 11.8 Å². The van der Waals surface area contributed by atoms with E-state index in [0.717, 1.165) is 50.5 Å². The number of fused-ring (bicyclic) bond motifs is 4. The van der Waals surface area contributed by atoms with Gasteiger partial charge in [-0.2, -0.15) is 8.42 Å². The molecule has 0 heterocycles. The Morgan fingerprint density at radius 3 is 2.56 bits per heavy atom. The van der Waals surface area contributed by atoms with E-state index in [1.165, 1.54) is 12.0 Å². The Hall–Kier alpha value is -1.43. The quantitative estimate of drug-likeness (QED) is 0.495. The van der Waals surface area contributed by atoms with Crippen molar-refractivity contribution in [2.75, 3.05) is 6.61 Å². The number of benzene rings is 1. The Kier molecular flexibility index (Phi) is 6.14. The minimum absolute atomic E-state index is 0.0899. The molecule has 4 aliphatic rings. The summed E-state index contributed by atoms with van der Waals surface area (Å²) in [4.78, 5) is 0.233. The lowest BCUT2D eigenvalue weighted by atomic mass is 9.51. The molecule has 5 heteroatoms. The van der Waals surface area contributed by atoms with Crippen LogP contribution >= 0.6 is 0 Å². The van der Waals surface area contributed by atoms with Crippen molar-refractivity contribution < 1.29 is 17.7 Å². The van der Waals surface area contributed by atoms with Crippen LogP contribution in [0.5, 0.6) is 0 Å². The van der Waals surface area contributed by atoms with Gasteiger partial charge in [-0.3, -0.25) is 4.18 Å². The largest absolute Gasteiger partial charge is 0.393 e. The van der Waals surface area contributed by atoms with Crippen molar-refractivity contribution in [1.82, 2.24) is 0 Å². The highest BCUT2D eigenvalue weighted by molar-refractivity contribution is 7.86. The summed E-state index contributed by atoms with van der Waals surface area (Å²) in [6.07, 6.45) is 10.9. The molecule has 4 aliphatic carbocycles. The van der Waals surface area contributed by atoms with Crippen LogP contribution in [-0.4, -0.2) is 26.2 Å². The molecule has 0 saturated heterocycles. The van der Waals surface area contributed by atoms with E-state index in [1.54, 1.807) is 23.3 Å². The summed E-state index contributed by atoms with van der Waals surface area (Å²) in [5.74, 6) is 1.15. The van der Waals surface area contributed by atoms with Crippen LogP contribution in [0, 0.1) is 35.5 Å². The summed E-state index contributed by atoms with van der Waals surface area (Å²) in [5.41, 5.74) is 6.18. The number of aliphatic hydroxyl groups excluding tert-OH is 1. The fourth-order valence-electron chi connectivity index (χ4n) is 7.82. The Bertz CT molecular complexity index is 1120. The van der Waals surface area contributed by atoms with E-state index in [4.69, 9.17) is 4.18 Å². The molecule has 0 bridgehead atoms. The highest BCUT2D eigenvalue weighted by Crippen LogP contribution is 2.64. The highest BCUT2D eigenvalue weighted by Gasteiger charge is 2.53. The molecule has 0 radical (unpaired) electrons. The van der Waals surface area contributed by atoms with Crippen molar-refractivity contribution >= 4 is 10.1 Å². The summed E-state index contributed by atoms with van der Waals surface area (Å²) in [6, 6.07) is 6.87. The normalized spacial score (nSPS) is 36.4. The molecule has 1 fully saturated rings. The minimum Gasteiger partial charge on any atom is -0.393 e. The first-order chi connectivity index (χ1) is 16.0. The molecule has 0 aliphatic heterocycles. The van der Waals surface area contributed by atoms with Gasteiger partial charge in [-0.15, -0.1) is 0 Å². The SMILES string of the molecule is Cc1ccc(S(=O)(=O)OCC(C)C2CC=C3C4=C(CCC32C)C2(C)CCC(O)CC2CC4)cc1. The van der Waals surface area contributed by atoms with Crippen LogP contribution < -0.4 is 0 Å². The Balaban J connectivity index is 1.32. The lowest BCUT2D eigenvalue weighted by Crippen LogP contribution is -2.44. The molecule has 1 N–H and O–H groups in total. The zero-order valence-electron chi connectivity index (χ0n) is 21.1. The molecule has 1 aromatic carbocycles. The fraction of sp³-hybridized carbons (Fsp3) is 0.655. The maximum absolute atomic E-state index is 12.7. The first kappa shape index (κ1) is 24.3. The van der Waals surface area contributed by atoms with Gasteiger partial charge < -0.3 is 5.11 Å². The molecule has 1 aromatic rings. The molecule has 6 atom stereocenters. The van der Waals surface area contributed by atoms with Crippen LogP contribution in [0.4, 0.5) is 0 Å². The van der Waals surface area contributed by atoms with Gasteiger partial charge in [0.1, 0.15) is 0 Å². The number of allylic oxidation sites excluding steroid dienone is 4. The van der Waals surface area contributed by atoms with Gasteiger partial charge in [-0.1, -0.05) is 50.1 Å². The Labute approximate surface area is 205 Å². The molecule has 0 amide bonds. The third-order valence-electron chi connectivity index (χ3n) is 9.96. The zero-order valence-corrected chi connectivity index (χ0v) is 22.0. The van der Waals surface area contributed by atoms with Gasteiger partial charge >= 0.3 is 0 Å². The molecular weight excluding hydrogens is 444 g/mol. The maximum atomic E-state index is 12.7. The summed E-state index contributed by atoms with van der Waals surface area (Å²) in [5, 5.41) is 10.3. The van der Waals surface area contributed by atoms with E-state index >= 15 is 0 Å². The first-order valence-electron chi connectivity index (χ1n) is 13.1. The number of aliphatic hydroxyl groups is 1. The fourth-order valence-corrected chi connectivity index (χ4v) is 8.81. The van der Waals surface area contributed by atoms with Crippen molar-refractivity contribution in [3.05, 3.63) is 52.6 Å². The average Bonchev–Trinajstić information content (AvgIpc) is 3.15. The Morgan fingerprint density at radius 2 is 1.82 bits per heavy atom. The highest BCUT2D eigenvalue weighted by atomic mass is 32.2. The second-order valence-corrected chi connectivity index (χ2v) is 13.6. The number of hydrogen-bond donors (Lipinski definition) is 1. The van der Waals surface area contributed by atoms with Gasteiger partial charge in [0.15, 0.2) is 0 Å². The van der Waals surface area contributed by atoms with E-state index in [1.807, 2.05) is 19.1 Å². The van der Waals surface area contributed by atoms with Crippen LogP contribution in [-0.2, 0) is 14.3 Å². The summed E-state index contributed by atoms with van der Waals surface area (Å²) >= 11 is 0. The first-order valence-corrected chi connectivity index (χ1v) is 14.5.